The molecule has 2 aromatic rings. The summed E-state index contributed by atoms with van der Waals surface area (Å²) >= 11 is 0. The lowest BCUT2D eigenvalue weighted by molar-refractivity contribution is 0.0220. The van der Waals surface area contributed by atoms with E-state index in [-0.39, 0.29) is 24.1 Å². The maximum Gasteiger partial charge on any atom is 0.410 e. The van der Waals surface area contributed by atoms with Crippen molar-refractivity contribution < 1.29 is 26.7 Å². The summed E-state index contributed by atoms with van der Waals surface area (Å²) in [6.07, 6.45) is 2.02. The zero-order valence-corrected chi connectivity index (χ0v) is 20.1. The molecule has 0 aromatic heterocycles. The molecule has 1 aliphatic heterocycles. The van der Waals surface area contributed by atoms with Crippen LogP contribution in [0.15, 0.2) is 42.5 Å². The van der Waals surface area contributed by atoms with Crippen LogP contribution in [0.4, 0.5) is 13.6 Å². The Kier molecular flexibility index (Phi) is 5.79. The Balaban J connectivity index is 1.73. The molecule has 1 spiro atoms. The predicted octanol–water partition coefficient (Wildman–Crippen LogP) is 4.99. The lowest BCUT2D eigenvalue weighted by Crippen LogP contribution is -2.46. The molecule has 2 atom stereocenters. The summed E-state index contributed by atoms with van der Waals surface area (Å²) in [5, 5.41) is -0.797. The normalized spacial score (nSPS) is 21.9. The molecule has 2 aromatic carbocycles. The number of nitrogens with zero attached hydrogens (tertiary/aromatic N) is 1. The highest BCUT2D eigenvalue weighted by Crippen LogP contribution is 2.58. The van der Waals surface area contributed by atoms with Crippen molar-refractivity contribution in [3.05, 3.63) is 59.7 Å². The highest BCUT2D eigenvalue weighted by atomic mass is 32.2. The fraction of sp³-hybridized carbons (Fsp3) is 0.480. The van der Waals surface area contributed by atoms with Gasteiger partial charge in [0.15, 0.2) is 9.84 Å². The molecular weight excluding hydrogens is 448 g/mol. The van der Waals surface area contributed by atoms with Crippen molar-refractivity contribution in [1.29, 1.82) is 0 Å². The number of hydrogen-bond acceptors (Lipinski definition) is 4. The van der Waals surface area contributed by atoms with Crippen molar-refractivity contribution in [2.75, 3.05) is 12.8 Å². The number of benzene rings is 2. The average molecular weight is 478 g/mol. The van der Waals surface area contributed by atoms with Gasteiger partial charge in [-0.05, 0) is 63.3 Å². The molecule has 1 aliphatic carbocycles. The quantitative estimate of drug-likeness (QED) is 0.623. The van der Waals surface area contributed by atoms with E-state index in [1.54, 1.807) is 45.0 Å². The Morgan fingerprint density at radius 2 is 1.82 bits per heavy atom. The summed E-state index contributed by atoms with van der Waals surface area (Å²) in [6.45, 7) is 5.52. The molecule has 5 nitrogen and oxygen atoms in total. The number of amides is 1. The number of rotatable bonds is 4. The monoisotopic (exact) mass is 477 g/mol. The van der Waals surface area contributed by atoms with E-state index in [2.05, 4.69) is 0 Å². The topological polar surface area (TPSA) is 63.7 Å². The first kappa shape index (κ1) is 23.7. The SMILES string of the molecule is CC(C)(C)OC(=O)N1CC2(CC2)C(S(C)(=O)=O)C1Cc1cccc(-c2cccc(F)c2)c1F. The Bertz CT molecular complexity index is 1190. The third kappa shape index (κ3) is 4.76. The molecule has 4 rings (SSSR count). The van der Waals surface area contributed by atoms with Crippen LogP contribution < -0.4 is 0 Å². The van der Waals surface area contributed by atoms with E-state index in [1.165, 1.54) is 29.4 Å². The average Bonchev–Trinajstić information content (AvgIpc) is 3.35. The van der Waals surface area contributed by atoms with E-state index in [9.17, 15) is 17.6 Å². The van der Waals surface area contributed by atoms with Crippen LogP contribution in [0.5, 0.6) is 0 Å². The molecule has 0 bridgehead atoms. The highest BCUT2D eigenvalue weighted by molar-refractivity contribution is 7.91. The third-order valence-electron chi connectivity index (χ3n) is 6.46. The van der Waals surface area contributed by atoms with Crippen LogP contribution in [0.25, 0.3) is 11.1 Å². The van der Waals surface area contributed by atoms with E-state index >= 15 is 4.39 Å². The lowest BCUT2D eigenvalue weighted by Gasteiger charge is -2.30. The number of carbonyl (C=O) groups is 1. The second-order valence-electron chi connectivity index (χ2n) is 10.3. The molecule has 1 saturated carbocycles. The Morgan fingerprint density at radius 1 is 1.15 bits per heavy atom. The van der Waals surface area contributed by atoms with Gasteiger partial charge in [0.05, 0.1) is 11.3 Å². The standard InChI is InChI=1S/C25H29F2NO4S/c1-24(2,3)32-23(29)28-15-25(11-12-25)22(33(4,30)31)20(28)14-17-8-6-10-19(21(17)27)16-7-5-9-18(26)13-16/h5-10,13,20,22H,11-12,14-15H2,1-4H3. The van der Waals surface area contributed by atoms with Crippen molar-refractivity contribution in [3.8, 4) is 11.1 Å². The third-order valence-corrected chi connectivity index (χ3v) is 8.20. The van der Waals surface area contributed by atoms with E-state index < -0.39 is 49.9 Å². The van der Waals surface area contributed by atoms with E-state index in [1.807, 2.05) is 0 Å². The Hall–Kier alpha value is -2.48. The number of carbonyl (C=O) groups excluding carboxylic acids is 1. The van der Waals surface area contributed by atoms with Crippen molar-refractivity contribution in [1.82, 2.24) is 4.90 Å². The van der Waals surface area contributed by atoms with Crippen molar-refractivity contribution in [2.45, 2.75) is 56.9 Å². The van der Waals surface area contributed by atoms with Gasteiger partial charge in [-0.15, -0.1) is 0 Å². The molecule has 0 N–H and O–H groups in total. The van der Waals surface area contributed by atoms with Gasteiger partial charge in [-0.25, -0.2) is 22.0 Å². The maximum atomic E-state index is 15.6. The van der Waals surface area contributed by atoms with Gasteiger partial charge >= 0.3 is 6.09 Å². The molecule has 1 amide bonds. The van der Waals surface area contributed by atoms with Gasteiger partial charge in [0.1, 0.15) is 17.2 Å². The first-order valence-corrected chi connectivity index (χ1v) is 13.0. The molecule has 1 saturated heterocycles. The highest BCUT2D eigenvalue weighted by Gasteiger charge is 2.64. The minimum atomic E-state index is -3.53. The van der Waals surface area contributed by atoms with Crippen LogP contribution in [0.2, 0.25) is 0 Å². The molecule has 8 heteroatoms. The smallest absolute Gasteiger partial charge is 0.410 e. The van der Waals surface area contributed by atoms with Gasteiger partial charge in [-0.1, -0.05) is 30.3 Å². The van der Waals surface area contributed by atoms with Gasteiger partial charge in [-0.2, -0.15) is 0 Å². The molecule has 2 aliphatic rings. The molecule has 178 valence electrons. The number of likely N-dealkylation sites (tertiary alicyclic amines) is 1. The number of ether oxygens (including phenoxy) is 1. The summed E-state index contributed by atoms with van der Waals surface area (Å²) in [5.41, 5.74) is -0.355. The second-order valence-corrected chi connectivity index (χ2v) is 12.4. The summed E-state index contributed by atoms with van der Waals surface area (Å²) in [7, 11) is -3.53. The molecule has 33 heavy (non-hydrogen) atoms. The Morgan fingerprint density at radius 3 is 2.39 bits per heavy atom. The minimum Gasteiger partial charge on any atom is -0.444 e. The summed E-state index contributed by atoms with van der Waals surface area (Å²) < 4.78 is 60.5. The summed E-state index contributed by atoms with van der Waals surface area (Å²) in [5.74, 6) is -1.02. The number of halogens is 2. The Labute approximate surface area is 193 Å². The lowest BCUT2D eigenvalue weighted by atomic mass is 9.94. The van der Waals surface area contributed by atoms with Crippen molar-refractivity contribution in [2.24, 2.45) is 5.41 Å². The fourth-order valence-corrected chi connectivity index (χ4v) is 7.07. The first-order chi connectivity index (χ1) is 15.3. The van der Waals surface area contributed by atoms with Gasteiger partial charge in [0.25, 0.3) is 0 Å². The van der Waals surface area contributed by atoms with E-state index in [4.69, 9.17) is 4.74 Å². The molecule has 2 fully saturated rings. The van der Waals surface area contributed by atoms with Gasteiger partial charge in [0, 0.05) is 23.8 Å². The fourth-order valence-electron chi connectivity index (χ4n) is 5.04. The summed E-state index contributed by atoms with van der Waals surface area (Å²) in [4.78, 5) is 14.5. The number of hydrogen-bond donors (Lipinski definition) is 0. The van der Waals surface area contributed by atoms with Crippen molar-refractivity contribution in [3.63, 3.8) is 0 Å². The van der Waals surface area contributed by atoms with E-state index in [0.29, 0.717) is 18.4 Å². The van der Waals surface area contributed by atoms with E-state index in [0.717, 1.165) is 0 Å². The zero-order chi connectivity index (χ0) is 24.2. The van der Waals surface area contributed by atoms with Gasteiger partial charge < -0.3 is 9.64 Å². The second kappa shape index (κ2) is 8.08. The minimum absolute atomic E-state index is 0.0215. The van der Waals surface area contributed by atoms with Crippen LogP contribution in [0.3, 0.4) is 0 Å². The molecule has 2 unspecified atom stereocenters. The van der Waals surface area contributed by atoms with Gasteiger partial charge in [0.2, 0.25) is 0 Å². The maximum absolute atomic E-state index is 15.6. The zero-order valence-electron chi connectivity index (χ0n) is 19.3. The van der Waals surface area contributed by atoms with Crippen LogP contribution in [-0.4, -0.2) is 49.1 Å². The first-order valence-electron chi connectivity index (χ1n) is 11.0. The van der Waals surface area contributed by atoms with Crippen LogP contribution >= 0.6 is 0 Å². The largest absolute Gasteiger partial charge is 0.444 e. The predicted molar refractivity (Wildman–Crippen MR) is 123 cm³/mol. The molecule has 1 heterocycles. The van der Waals surface area contributed by atoms with Crippen LogP contribution in [0, 0.1) is 17.0 Å². The molecule has 0 radical (unpaired) electrons. The van der Waals surface area contributed by atoms with Gasteiger partial charge in [-0.3, -0.25) is 0 Å². The number of sulfone groups is 1. The summed E-state index contributed by atoms with van der Waals surface area (Å²) in [6, 6.07) is 9.72. The molecular formula is C25H29F2NO4S. The van der Waals surface area contributed by atoms with Crippen LogP contribution in [-0.2, 0) is 21.0 Å². The van der Waals surface area contributed by atoms with Crippen molar-refractivity contribution >= 4 is 15.9 Å². The van der Waals surface area contributed by atoms with Crippen LogP contribution in [0.1, 0.15) is 39.2 Å².